The van der Waals surface area contributed by atoms with Gasteiger partial charge in [-0.2, -0.15) is 0 Å². The maximum Gasteiger partial charge on any atom is 0.252 e. The number of nitrogens with two attached hydrogens (primary N) is 1. The average Bonchev–Trinajstić information content (AvgIpc) is 2.77. The molecule has 1 saturated heterocycles. The highest BCUT2D eigenvalue weighted by atomic mass is 19.1. The summed E-state index contributed by atoms with van der Waals surface area (Å²) < 4.78 is 29.9. The molecule has 1 aliphatic heterocycles. The number of halogens is 1. The fraction of sp³-hybridized carbons (Fsp3) is 0.435. The van der Waals surface area contributed by atoms with Gasteiger partial charge in [-0.1, -0.05) is 12.1 Å². The molecule has 0 bridgehead atoms. The number of amides is 1. The maximum absolute atomic E-state index is 12.9. The van der Waals surface area contributed by atoms with Crippen molar-refractivity contribution >= 4 is 5.91 Å². The molecule has 30 heavy (non-hydrogen) atoms. The van der Waals surface area contributed by atoms with Crippen LogP contribution in [0.25, 0.3) is 0 Å². The van der Waals surface area contributed by atoms with Crippen LogP contribution in [0.2, 0.25) is 0 Å². The zero-order chi connectivity index (χ0) is 21.5. The number of likely N-dealkylation sites (tertiary alicyclic amines) is 1. The summed E-state index contributed by atoms with van der Waals surface area (Å²) in [5, 5.41) is 0. The molecule has 6 nitrogen and oxygen atoms in total. The lowest BCUT2D eigenvalue weighted by Crippen LogP contribution is -2.44. The molecule has 2 unspecified atom stereocenters. The molecule has 1 heterocycles. The summed E-state index contributed by atoms with van der Waals surface area (Å²) in [7, 11) is 3.27. The van der Waals surface area contributed by atoms with Crippen molar-refractivity contribution < 1.29 is 23.4 Å². The monoisotopic (exact) mass is 416 g/mol. The summed E-state index contributed by atoms with van der Waals surface area (Å²) in [6, 6.07) is 11.6. The van der Waals surface area contributed by atoms with Crippen molar-refractivity contribution in [3.63, 3.8) is 0 Å². The number of methoxy groups -OCH3 is 2. The zero-order valence-electron chi connectivity index (χ0n) is 17.5. The van der Waals surface area contributed by atoms with E-state index >= 15 is 0 Å². The quantitative estimate of drug-likeness (QED) is 0.636. The second-order valence-corrected chi connectivity index (χ2v) is 7.42. The van der Waals surface area contributed by atoms with Crippen LogP contribution in [-0.2, 0) is 4.74 Å². The number of carbonyl (C=O) groups excluding carboxylic acids is 1. The van der Waals surface area contributed by atoms with Crippen LogP contribution in [0.3, 0.4) is 0 Å². The van der Waals surface area contributed by atoms with Crippen molar-refractivity contribution in [2.45, 2.75) is 24.9 Å². The van der Waals surface area contributed by atoms with Crippen molar-refractivity contribution in [3.8, 4) is 11.5 Å². The number of rotatable bonds is 9. The van der Waals surface area contributed by atoms with Crippen molar-refractivity contribution in [3.05, 3.63) is 59.4 Å². The van der Waals surface area contributed by atoms with Gasteiger partial charge in [0.1, 0.15) is 17.3 Å². The predicted octanol–water partition coefficient (Wildman–Crippen LogP) is 3.21. The maximum atomic E-state index is 12.9. The Morgan fingerprint density at radius 1 is 1.20 bits per heavy atom. The molecule has 3 rings (SSSR count). The Kier molecular flexibility index (Phi) is 7.65. The molecule has 162 valence electrons. The molecule has 0 radical (unpaired) electrons. The third kappa shape index (κ3) is 5.29. The Hall–Kier alpha value is -2.64. The molecular formula is C23H29FN2O4. The SMILES string of the molecule is COc1c(C(N)=O)cccc1C1CCN(CCCOc2ccc(F)cc2)CC1OC. The van der Waals surface area contributed by atoms with Gasteiger partial charge in [-0.05, 0) is 49.7 Å². The van der Waals surface area contributed by atoms with Gasteiger partial charge in [-0.25, -0.2) is 4.39 Å². The van der Waals surface area contributed by atoms with Crippen molar-refractivity contribution in [1.29, 1.82) is 0 Å². The average molecular weight is 416 g/mol. The van der Waals surface area contributed by atoms with Crippen LogP contribution in [-0.4, -0.2) is 57.4 Å². The summed E-state index contributed by atoms with van der Waals surface area (Å²) in [5.74, 6) is 0.565. The number of para-hydroxylation sites is 1. The molecule has 2 atom stereocenters. The minimum atomic E-state index is -0.499. The van der Waals surface area contributed by atoms with Gasteiger partial charge in [-0.15, -0.1) is 0 Å². The van der Waals surface area contributed by atoms with E-state index in [9.17, 15) is 9.18 Å². The largest absolute Gasteiger partial charge is 0.496 e. The lowest BCUT2D eigenvalue weighted by atomic mass is 9.85. The third-order valence-electron chi connectivity index (χ3n) is 5.56. The van der Waals surface area contributed by atoms with Crippen LogP contribution in [0.4, 0.5) is 4.39 Å². The second-order valence-electron chi connectivity index (χ2n) is 7.42. The van der Waals surface area contributed by atoms with Gasteiger partial charge in [0, 0.05) is 31.7 Å². The number of piperidine rings is 1. The molecule has 1 fully saturated rings. The first-order valence-electron chi connectivity index (χ1n) is 10.1. The van der Waals surface area contributed by atoms with Crippen LogP contribution in [0.15, 0.2) is 42.5 Å². The minimum Gasteiger partial charge on any atom is -0.496 e. The minimum absolute atomic E-state index is 0.0196. The van der Waals surface area contributed by atoms with Gasteiger partial charge >= 0.3 is 0 Å². The van der Waals surface area contributed by atoms with E-state index < -0.39 is 5.91 Å². The topological polar surface area (TPSA) is 74.0 Å². The number of hydrogen-bond donors (Lipinski definition) is 1. The lowest BCUT2D eigenvalue weighted by molar-refractivity contribution is 0.0126. The molecule has 1 amide bonds. The Labute approximate surface area is 176 Å². The van der Waals surface area contributed by atoms with Gasteiger partial charge in [0.25, 0.3) is 5.91 Å². The molecule has 2 aromatic rings. The second kappa shape index (κ2) is 10.4. The fourth-order valence-corrected chi connectivity index (χ4v) is 4.06. The Morgan fingerprint density at radius 3 is 2.63 bits per heavy atom. The van der Waals surface area contributed by atoms with Gasteiger partial charge in [0.15, 0.2) is 0 Å². The van der Waals surface area contributed by atoms with E-state index in [1.165, 1.54) is 12.1 Å². The first-order chi connectivity index (χ1) is 14.5. The van der Waals surface area contributed by atoms with Gasteiger partial charge in [0.05, 0.1) is 25.4 Å². The Balaban J connectivity index is 1.57. The smallest absolute Gasteiger partial charge is 0.252 e. The highest BCUT2D eigenvalue weighted by molar-refractivity contribution is 5.96. The van der Waals surface area contributed by atoms with E-state index in [1.54, 1.807) is 32.4 Å². The zero-order valence-corrected chi connectivity index (χ0v) is 17.5. The molecule has 0 aliphatic carbocycles. The number of ether oxygens (including phenoxy) is 3. The molecule has 0 aromatic heterocycles. The normalized spacial score (nSPS) is 19.4. The number of primary amides is 1. The van der Waals surface area contributed by atoms with Crippen LogP contribution < -0.4 is 15.2 Å². The van der Waals surface area contributed by atoms with Crippen LogP contribution in [0.1, 0.15) is 34.7 Å². The first-order valence-corrected chi connectivity index (χ1v) is 10.1. The standard InChI is InChI=1S/C23H29FN2O4/c1-28-21-15-26(12-4-14-30-17-9-7-16(24)8-10-17)13-11-18(21)19-5-3-6-20(23(25)27)22(19)29-2/h3,5-10,18,21H,4,11-15H2,1-2H3,(H2,25,27). The van der Waals surface area contributed by atoms with E-state index in [-0.39, 0.29) is 17.8 Å². The highest BCUT2D eigenvalue weighted by Crippen LogP contribution is 2.37. The van der Waals surface area contributed by atoms with E-state index in [4.69, 9.17) is 19.9 Å². The number of carbonyl (C=O) groups is 1. The molecular weight excluding hydrogens is 387 g/mol. The summed E-state index contributed by atoms with van der Waals surface area (Å²) in [5.41, 5.74) is 6.86. The number of benzene rings is 2. The van der Waals surface area contributed by atoms with Crippen LogP contribution in [0, 0.1) is 5.82 Å². The van der Waals surface area contributed by atoms with Gasteiger partial charge in [0.2, 0.25) is 0 Å². The Morgan fingerprint density at radius 2 is 1.97 bits per heavy atom. The highest BCUT2D eigenvalue weighted by Gasteiger charge is 2.33. The Bertz CT molecular complexity index is 844. The van der Waals surface area contributed by atoms with Crippen molar-refractivity contribution in [2.24, 2.45) is 5.73 Å². The van der Waals surface area contributed by atoms with E-state index in [0.717, 1.165) is 38.0 Å². The van der Waals surface area contributed by atoms with E-state index in [2.05, 4.69) is 4.90 Å². The molecule has 2 N–H and O–H groups in total. The summed E-state index contributed by atoms with van der Waals surface area (Å²) in [6.45, 7) is 3.14. The molecule has 7 heteroatoms. The number of nitrogens with zero attached hydrogens (tertiary/aromatic N) is 1. The summed E-state index contributed by atoms with van der Waals surface area (Å²) in [4.78, 5) is 14.1. The first kappa shape index (κ1) is 22.1. The van der Waals surface area contributed by atoms with Gasteiger partial charge in [-0.3, -0.25) is 4.79 Å². The lowest BCUT2D eigenvalue weighted by Gasteiger charge is -2.38. The van der Waals surface area contributed by atoms with Gasteiger partial charge < -0.3 is 24.8 Å². The van der Waals surface area contributed by atoms with Crippen molar-refractivity contribution in [1.82, 2.24) is 4.90 Å². The molecule has 0 spiro atoms. The van der Waals surface area contributed by atoms with Crippen LogP contribution in [0.5, 0.6) is 11.5 Å². The third-order valence-corrected chi connectivity index (χ3v) is 5.56. The van der Waals surface area contributed by atoms with E-state index in [1.807, 2.05) is 12.1 Å². The predicted molar refractivity (Wildman–Crippen MR) is 113 cm³/mol. The molecule has 2 aromatic carbocycles. The van der Waals surface area contributed by atoms with E-state index in [0.29, 0.717) is 23.7 Å². The van der Waals surface area contributed by atoms with Crippen LogP contribution >= 0.6 is 0 Å². The molecule has 0 saturated carbocycles. The van der Waals surface area contributed by atoms with Crippen molar-refractivity contribution in [2.75, 3.05) is 40.5 Å². The summed E-state index contributed by atoms with van der Waals surface area (Å²) in [6.07, 6.45) is 1.73. The summed E-state index contributed by atoms with van der Waals surface area (Å²) >= 11 is 0. The number of hydrogen-bond acceptors (Lipinski definition) is 5. The fourth-order valence-electron chi connectivity index (χ4n) is 4.06. The molecule has 1 aliphatic rings.